The van der Waals surface area contributed by atoms with Crippen molar-refractivity contribution in [3.05, 3.63) is 34.1 Å². The van der Waals surface area contributed by atoms with Crippen LogP contribution in [0.25, 0.3) is 0 Å². The normalized spacial score (nSPS) is 20.4. The highest BCUT2D eigenvalue weighted by molar-refractivity contribution is 9.10. The van der Waals surface area contributed by atoms with Gasteiger partial charge in [-0.2, -0.15) is 0 Å². The maximum Gasteiger partial charge on any atom is 0.224 e. The molecule has 0 saturated carbocycles. The zero-order valence-electron chi connectivity index (χ0n) is 11.6. The van der Waals surface area contributed by atoms with Crippen molar-refractivity contribution in [2.24, 2.45) is 5.92 Å². The van der Waals surface area contributed by atoms with E-state index in [0.717, 1.165) is 31.5 Å². The first-order valence-corrected chi connectivity index (χ1v) is 7.80. The number of halogens is 2. The van der Waals surface area contributed by atoms with Crippen LogP contribution in [0.1, 0.15) is 25.3 Å². The predicted octanol–water partition coefficient (Wildman–Crippen LogP) is 2.63. The molecule has 1 fully saturated rings. The molecule has 3 nitrogen and oxygen atoms in total. The SMILES string of the molecule is CC(Cc1ccc(F)c(Br)c1)NC(=O)C1CCCNC1. The molecule has 1 aliphatic heterocycles. The van der Waals surface area contributed by atoms with Gasteiger partial charge in [-0.15, -0.1) is 0 Å². The topological polar surface area (TPSA) is 41.1 Å². The first kappa shape index (κ1) is 15.4. The second-order valence-corrected chi connectivity index (χ2v) is 6.26. The first-order chi connectivity index (χ1) is 9.56. The molecule has 5 heteroatoms. The first-order valence-electron chi connectivity index (χ1n) is 7.01. The Labute approximate surface area is 127 Å². The molecule has 1 aromatic rings. The molecule has 2 unspecified atom stereocenters. The maximum atomic E-state index is 13.2. The number of nitrogens with one attached hydrogen (secondary N) is 2. The fourth-order valence-corrected chi connectivity index (χ4v) is 2.93. The average molecular weight is 343 g/mol. The molecule has 0 radical (unpaired) electrons. The molecular weight excluding hydrogens is 323 g/mol. The van der Waals surface area contributed by atoms with E-state index in [1.165, 1.54) is 6.07 Å². The Morgan fingerprint density at radius 3 is 3.05 bits per heavy atom. The Bertz CT molecular complexity index is 475. The van der Waals surface area contributed by atoms with E-state index in [4.69, 9.17) is 0 Å². The minimum Gasteiger partial charge on any atom is -0.353 e. The average Bonchev–Trinajstić information content (AvgIpc) is 2.44. The van der Waals surface area contributed by atoms with Crippen LogP contribution in [-0.2, 0) is 11.2 Å². The number of hydrogen-bond donors (Lipinski definition) is 2. The lowest BCUT2D eigenvalue weighted by Crippen LogP contribution is -2.44. The Balaban J connectivity index is 1.86. The summed E-state index contributed by atoms with van der Waals surface area (Å²) in [5.74, 6) is -0.0734. The van der Waals surface area contributed by atoms with E-state index in [0.29, 0.717) is 10.9 Å². The number of amides is 1. The third kappa shape index (κ3) is 4.28. The summed E-state index contributed by atoms with van der Waals surface area (Å²) < 4.78 is 13.6. The molecule has 1 aromatic carbocycles. The Hall–Kier alpha value is -0.940. The van der Waals surface area contributed by atoms with Gasteiger partial charge >= 0.3 is 0 Å². The molecule has 1 aliphatic rings. The van der Waals surface area contributed by atoms with E-state index in [-0.39, 0.29) is 23.7 Å². The maximum absolute atomic E-state index is 13.2. The van der Waals surface area contributed by atoms with Gasteiger partial charge in [0, 0.05) is 12.6 Å². The van der Waals surface area contributed by atoms with E-state index in [2.05, 4.69) is 26.6 Å². The van der Waals surface area contributed by atoms with Crippen LogP contribution in [0.3, 0.4) is 0 Å². The fraction of sp³-hybridized carbons (Fsp3) is 0.533. The van der Waals surface area contributed by atoms with Crippen LogP contribution in [-0.4, -0.2) is 25.0 Å². The lowest BCUT2D eigenvalue weighted by Gasteiger charge is -2.24. The van der Waals surface area contributed by atoms with Crippen molar-refractivity contribution in [2.45, 2.75) is 32.2 Å². The van der Waals surface area contributed by atoms with Gasteiger partial charge in [0.25, 0.3) is 0 Å². The van der Waals surface area contributed by atoms with Crippen LogP contribution in [0.15, 0.2) is 22.7 Å². The van der Waals surface area contributed by atoms with Gasteiger partial charge in [0.2, 0.25) is 5.91 Å². The largest absolute Gasteiger partial charge is 0.353 e. The van der Waals surface area contributed by atoms with Gasteiger partial charge < -0.3 is 10.6 Å². The van der Waals surface area contributed by atoms with Crippen molar-refractivity contribution >= 4 is 21.8 Å². The van der Waals surface area contributed by atoms with Crippen molar-refractivity contribution in [3.63, 3.8) is 0 Å². The molecule has 1 saturated heterocycles. The summed E-state index contributed by atoms with van der Waals surface area (Å²) in [4.78, 5) is 12.1. The number of benzene rings is 1. The molecule has 20 heavy (non-hydrogen) atoms. The van der Waals surface area contributed by atoms with Crippen LogP contribution in [0.5, 0.6) is 0 Å². The highest BCUT2D eigenvalue weighted by Gasteiger charge is 2.22. The molecule has 1 heterocycles. The van der Waals surface area contributed by atoms with Gasteiger partial charge in [0.1, 0.15) is 5.82 Å². The van der Waals surface area contributed by atoms with Crippen LogP contribution >= 0.6 is 15.9 Å². The predicted molar refractivity (Wildman–Crippen MR) is 81.0 cm³/mol. The highest BCUT2D eigenvalue weighted by atomic mass is 79.9. The molecule has 110 valence electrons. The van der Waals surface area contributed by atoms with Crippen LogP contribution < -0.4 is 10.6 Å². The van der Waals surface area contributed by atoms with E-state index < -0.39 is 0 Å². The minimum atomic E-state index is -0.265. The van der Waals surface area contributed by atoms with Gasteiger partial charge in [0.05, 0.1) is 10.4 Å². The number of carbonyl (C=O) groups excluding carboxylic acids is 1. The van der Waals surface area contributed by atoms with Gasteiger partial charge in [-0.3, -0.25) is 4.79 Å². The molecule has 0 aromatic heterocycles. The molecule has 0 bridgehead atoms. The Kier molecular flexibility index (Phi) is 5.54. The second-order valence-electron chi connectivity index (χ2n) is 5.41. The Morgan fingerprint density at radius 2 is 2.40 bits per heavy atom. The van der Waals surface area contributed by atoms with Gasteiger partial charge in [-0.1, -0.05) is 6.07 Å². The number of piperidine rings is 1. The van der Waals surface area contributed by atoms with Crippen LogP contribution in [0.4, 0.5) is 4.39 Å². The lowest BCUT2D eigenvalue weighted by molar-refractivity contribution is -0.126. The smallest absolute Gasteiger partial charge is 0.224 e. The van der Waals surface area contributed by atoms with Crippen molar-refractivity contribution in [1.29, 1.82) is 0 Å². The van der Waals surface area contributed by atoms with Crippen molar-refractivity contribution < 1.29 is 9.18 Å². The molecule has 0 aliphatic carbocycles. The number of hydrogen-bond acceptors (Lipinski definition) is 2. The van der Waals surface area contributed by atoms with E-state index in [9.17, 15) is 9.18 Å². The molecule has 2 rings (SSSR count). The lowest BCUT2D eigenvalue weighted by atomic mass is 9.98. The summed E-state index contributed by atoms with van der Waals surface area (Å²) in [6.07, 6.45) is 2.70. The molecule has 2 N–H and O–H groups in total. The van der Waals surface area contributed by atoms with Gasteiger partial charge in [-0.25, -0.2) is 4.39 Å². The van der Waals surface area contributed by atoms with Crippen molar-refractivity contribution in [1.82, 2.24) is 10.6 Å². The zero-order chi connectivity index (χ0) is 14.5. The summed E-state index contributed by atoms with van der Waals surface area (Å²) in [7, 11) is 0. The van der Waals surface area contributed by atoms with Crippen molar-refractivity contribution in [2.75, 3.05) is 13.1 Å². The number of carbonyl (C=O) groups is 1. The van der Waals surface area contributed by atoms with Crippen LogP contribution in [0.2, 0.25) is 0 Å². The number of rotatable bonds is 4. The van der Waals surface area contributed by atoms with Crippen molar-refractivity contribution in [3.8, 4) is 0 Å². The Morgan fingerprint density at radius 1 is 1.60 bits per heavy atom. The summed E-state index contributed by atoms with van der Waals surface area (Å²) in [6.45, 7) is 3.75. The van der Waals surface area contributed by atoms with Crippen LogP contribution in [0, 0.1) is 11.7 Å². The standard InChI is InChI=1S/C15H20BrFN2O/c1-10(7-11-4-5-14(17)13(16)8-11)19-15(20)12-3-2-6-18-9-12/h4-5,8,10,12,18H,2-3,6-7,9H2,1H3,(H,19,20). The van der Waals surface area contributed by atoms with E-state index in [1.807, 2.05) is 6.92 Å². The summed E-state index contributed by atoms with van der Waals surface area (Å²) in [5.41, 5.74) is 1.01. The summed E-state index contributed by atoms with van der Waals surface area (Å²) in [6, 6.07) is 5.01. The molecule has 2 atom stereocenters. The molecular formula is C15H20BrFN2O. The highest BCUT2D eigenvalue weighted by Crippen LogP contribution is 2.18. The summed E-state index contributed by atoms with van der Waals surface area (Å²) in [5, 5.41) is 6.29. The monoisotopic (exact) mass is 342 g/mol. The second kappa shape index (κ2) is 7.18. The molecule has 0 spiro atoms. The molecule has 1 amide bonds. The van der Waals surface area contributed by atoms with E-state index >= 15 is 0 Å². The third-order valence-electron chi connectivity index (χ3n) is 3.58. The zero-order valence-corrected chi connectivity index (χ0v) is 13.2. The quantitative estimate of drug-likeness (QED) is 0.883. The van der Waals surface area contributed by atoms with Gasteiger partial charge in [0.15, 0.2) is 0 Å². The van der Waals surface area contributed by atoms with E-state index in [1.54, 1.807) is 12.1 Å². The van der Waals surface area contributed by atoms with Gasteiger partial charge in [-0.05, 0) is 66.4 Å². The third-order valence-corrected chi connectivity index (χ3v) is 4.19. The summed E-state index contributed by atoms with van der Waals surface area (Å²) >= 11 is 3.18. The fourth-order valence-electron chi connectivity index (χ4n) is 2.51. The minimum absolute atomic E-state index is 0.0433.